The van der Waals surface area contributed by atoms with E-state index in [1.807, 2.05) is 12.2 Å². The molecule has 0 amide bonds. The second kappa shape index (κ2) is 19.2. The molecule has 2 heteroatoms. The van der Waals surface area contributed by atoms with Crippen molar-refractivity contribution in [2.75, 3.05) is 0 Å². The third kappa shape index (κ3) is 20.2. The van der Waals surface area contributed by atoms with Crippen LogP contribution in [-0.4, -0.2) is 11.1 Å². The van der Waals surface area contributed by atoms with Crippen LogP contribution in [0.5, 0.6) is 0 Å². The Balaban J connectivity index is 3.44. The van der Waals surface area contributed by atoms with Gasteiger partial charge in [0.05, 0.1) is 0 Å². The number of aliphatic carboxylic acids is 1. The van der Waals surface area contributed by atoms with E-state index < -0.39 is 5.97 Å². The highest BCUT2D eigenvalue weighted by Gasteiger charge is 1.90. The lowest BCUT2D eigenvalue weighted by molar-refractivity contribution is -0.136. The van der Waals surface area contributed by atoms with Crippen LogP contribution < -0.4 is 0 Å². The molecule has 134 valence electrons. The van der Waals surface area contributed by atoms with Gasteiger partial charge in [0, 0.05) is 6.42 Å². The van der Waals surface area contributed by atoms with Crippen molar-refractivity contribution in [1.29, 1.82) is 0 Å². The van der Waals surface area contributed by atoms with Gasteiger partial charge in [-0.25, -0.2) is 0 Å². The lowest BCUT2D eigenvalue weighted by atomic mass is 10.2. The van der Waals surface area contributed by atoms with Crippen LogP contribution in [0.1, 0.15) is 71.1 Å². The van der Waals surface area contributed by atoms with E-state index in [-0.39, 0.29) is 6.42 Å². The van der Waals surface area contributed by atoms with Gasteiger partial charge in [-0.15, -0.1) is 0 Å². The summed E-state index contributed by atoms with van der Waals surface area (Å²) in [4.78, 5) is 10.3. The van der Waals surface area contributed by atoms with E-state index in [0.29, 0.717) is 6.42 Å². The molecule has 0 rings (SSSR count). The van der Waals surface area contributed by atoms with Crippen LogP contribution in [0.25, 0.3) is 0 Å². The Labute approximate surface area is 148 Å². The Hall–Kier alpha value is -1.83. The van der Waals surface area contributed by atoms with Gasteiger partial charge >= 0.3 is 5.97 Å². The van der Waals surface area contributed by atoms with Crippen LogP contribution >= 0.6 is 0 Å². The zero-order valence-electron chi connectivity index (χ0n) is 15.2. The van der Waals surface area contributed by atoms with Crippen molar-refractivity contribution in [3.63, 3.8) is 0 Å². The van der Waals surface area contributed by atoms with E-state index in [1.54, 1.807) is 0 Å². The normalized spacial score (nSPS) is 12.7. The molecule has 0 bridgehead atoms. The van der Waals surface area contributed by atoms with E-state index in [1.165, 1.54) is 19.3 Å². The number of unbranched alkanes of at least 4 members (excludes halogenated alkanes) is 3. The first-order valence-electron chi connectivity index (χ1n) is 9.24. The van der Waals surface area contributed by atoms with Crippen LogP contribution in [0.2, 0.25) is 0 Å². The van der Waals surface area contributed by atoms with Crippen LogP contribution in [0.3, 0.4) is 0 Å². The van der Waals surface area contributed by atoms with Gasteiger partial charge in [0.2, 0.25) is 0 Å². The van der Waals surface area contributed by atoms with Crippen LogP contribution in [-0.2, 0) is 4.79 Å². The molecule has 0 fully saturated rings. The summed E-state index contributed by atoms with van der Waals surface area (Å²) in [5, 5.41) is 8.50. The standard InChI is InChI=1S/C22H34O2/c1-2-3-4-5-6-7-8-9-10-11-12-13-14-15-16-17-18-19-20-21-22(23)24/h5-6,8-9,11-12,15-16,18-19H,2-4,7,10,13-14,17,20-21H2,1H3,(H,23,24). The van der Waals surface area contributed by atoms with Crippen molar-refractivity contribution in [2.45, 2.75) is 71.1 Å². The van der Waals surface area contributed by atoms with Crippen LogP contribution in [0.4, 0.5) is 0 Å². The molecule has 0 radical (unpaired) electrons. The van der Waals surface area contributed by atoms with Crippen LogP contribution in [0.15, 0.2) is 60.8 Å². The first-order chi connectivity index (χ1) is 11.8. The molecule has 0 aromatic heterocycles. The maximum atomic E-state index is 10.3. The minimum atomic E-state index is -0.736. The molecule has 2 nitrogen and oxygen atoms in total. The molecule has 0 spiro atoms. The third-order valence-corrected chi connectivity index (χ3v) is 3.40. The first-order valence-corrected chi connectivity index (χ1v) is 9.24. The highest BCUT2D eigenvalue weighted by atomic mass is 16.4. The summed E-state index contributed by atoms with van der Waals surface area (Å²) in [7, 11) is 0. The number of rotatable bonds is 15. The number of carboxylic acids is 1. The monoisotopic (exact) mass is 330 g/mol. The van der Waals surface area contributed by atoms with E-state index in [9.17, 15) is 4.79 Å². The number of hydrogen-bond acceptors (Lipinski definition) is 1. The molecule has 0 unspecified atom stereocenters. The van der Waals surface area contributed by atoms with Gasteiger partial charge in [-0.1, -0.05) is 80.5 Å². The van der Waals surface area contributed by atoms with E-state index in [2.05, 4.69) is 55.5 Å². The van der Waals surface area contributed by atoms with Crippen molar-refractivity contribution in [3.05, 3.63) is 60.8 Å². The topological polar surface area (TPSA) is 37.3 Å². The molecular weight excluding hydrogens is 296 g/mol. The Morgan fingerprint density at radius 3 is 1.54 bits per heavy atom. The lowest BCUT2D eigenvalue weighted by Crippen LogP contribution is -1.91. The minimum Gasteiger partial charge on any atom is -0.481 e. The smallest absolute Gasteiger partial charge is 0.303 e. The predicted molar refractivity (Wildman–Crippen MR) is 105 cm³/mol. The quantitative estimate of drug-likeness (QED) is 0.265. The largest absolute Gasteiger partial charge is 0.481 e. The molecule has 0 aromatic carbocycles. The van der Waals surface area contributed by atoms with Gasteiger partial charge in [-0.2, -0.15) is 0 Å². The average molecular weight is 331 g/mol. The molecule has 0 atom stereocenters. The fourth-order valence-corrected chi connectivity index (χ4v) is 2.01. The van der Waals surface area contributed by atoms with Gasteiger partial charge < -0.3 is 5.11 Å². The maximum absolute atomic E-state index is 10.3. The fraction of sp³-hybridized carbons (Fsp3) is 0.500. The minimum absolute atomic E-state index is 0.217. The summed E-state index contributed by atoms with van der Waals surface area (Å²) in [5.74, 6) is -0.736. The molecule has 0 saturated heterocycles. The van der Waals surface area contributed by atoms with E-state index in [4.69, 9.17) is 5.11 Å². The number of allylic oxidation sites excluding steroid dienone is 10. The number of carbonyl (C=O) groups is 1. The second-order valence-corrected chi connectivity index (χ2v) is 5.72. The Bertz CT molecular complexity index is 425. The molecule has 0 aliphatic rings. The Morgan fingerprint density at radius 2 is 1.08 bits per heavy atom. The molecule has 0 heterocycles. The van der Waals surface area contributed by atoms with Gasteiger partial charge in [-0.05, 0) is 44.9 Å². The molecule has 0 aliphatic carbocycles. The van der Waals surface area contributed by atoms with Gasteiger partial charge in [0.25, 0.3) is 0 Å². The van der Waals surface area contributed by atoms with E-state index in [0.717, 1.165) is 32.1 Å². The highest BCUT2D eigenvalue weighted by Crippen LogP contribution is 2.00. The van der Waals surface area contributed by atoms with Crippen LogP contribution in [0, 0.1) is 0 Å². The van der Waals surface area contributed by atoms with Crippen molar-refractivity contribution in [3.8, 4) is 0 Å². The molecule has 1 N–H and O–H groups in total. The fourth-order valence-electron chi connectivity index (χ4n) is 2.01. The number of carboxylic acid groups (broad SMARTS) is 1. The summed E-state index contributed by atoms with van der Waals surface area (Å²) in [6, 6.07) is 0. The summed E-state index contributed by atoms with van der Waals surface area (Å²) >= 11 is 0. The number of hydrogen-bond donors (Lipinski definition) is 1. The first kappa shape index (κ1) is 22.2. The summed E-state index contributed by atoms with van der Waals surface area (Å²) < 4.78 is 0. The SMILES string of the molecule is CCCCC=CCC=CCC=CCCC=CCC=CCCC(=O)O. The molecule has 0 aromatic rings. The highest BCUT2D eigenvalue weighted by molar-refractivity contribution is 5.66. The molecule has 0 aliphatic heterocycles. The average Bonchev–Trinajstić information content (AvgIpc) is 2.56. The molecular formula is C22H34O2. The van der Waals surface area contributed by atoms with Gasteiger partial charge in [0.1, 0.15) is 0 Å². The van der Waals surface area contributed by atoms with E-state index >= 15 is 0 Å². The lowest BCUT2D eigenvalue weighted by Gasteiger charge is -1.89. The summed E-state index contributed by atoms with van der Waals surface area (Å²) in [6.45, 7) is 2.22. The Kier molecular flexibility index (Phi) is 17.8. The van der Waals surface area contributed by atoms with Gasteiger partial charge in [-0.3, -0.25) is 4.79 Å². The summed E-state index contributed by atoms with van der Waals surface area (Å²) in [6.07, 6.45) is 31.4. The zero-order chi connectivity index (χ0) is 17.7. The maximum Gasteiger partial charge on any atom is 0.303 e. The molecule has 24 heavy (non-hydrogen) atoms. The van der Waals surface area contributed by atoms with Crippen molar-refractivity contribution < 1.29 is 9.90 Å². The molecule has 0 saturated carbocycles. The Morgan fingerprint density at radius 1 is 0.667 bits per heavy atom. The van der Waals surface area contributed by atoms with Crippen molar-refractivity contribution in [2.24, 2.45) is 0 Å². The third-order valence-electron chi connectivity index (χ3n) is 3.40. The predicted octanol–water partition coefficient (Wildman–Crippen LogP) is 6.77. The zero-order valence-corrected chi connectivity index (χ0v) is 15.2. The van der Waals surface area contributed by atoms with Crippen molar-refractivity contribution in [1.82, 2.24) is 0 Å². The van der Waals surface area contributed by atoms with Crippen molar-refractivity contribution >= 4 is 5.97 Å². The summed E-state index contributed by atoms with van der Waals surface area (Å²) in [5.41, 5.74) is 0. The van der Waals surface area contributed by atoms with Gasteiger partial charge in [0.15, 0.2) is 0 Å². The second-order valence-electron chi connectivity index (χ2n) is 5.72.